The number of nitrogens with two attached hydrogens (primary N) is 1. The zero-order valence-corrected chi connectivity index (χ0v) is 17.7. The molecule has 0 saturated carbocycles. The number of aryl methyl sites for hydroxylation is 1. The largest absolute Gasteiger partial charge is 0.481 e. The second kappa shape index (κ2) is 8.23. The Balaban J connectivity index is 1.64. The molecular weight excluding hydrogens is 412 g/mol. The van der Waals surface area contributed by atoms with Crippen molar-refractivity contribution in [1.29, 1.82) is 0 Å². The van der Waals surface area contributed by atoms with Gasteiger partial charge in [-0.1, -0.05) is 0 Å². The van der Waals surface area contributed by atoms with Crippen molar-refractivity contribution in [2.24, 2.45) is 0 Å². The quantitative estimate of drug-likeness (QED) is 0.471. The summed E-state index contributed by atoms with van der Waals surface area (Å²) in [6, 6.07) is 7.47. The van der Waals surface area contributed by atoms with Crippen LogP contribution in [0.2, 0.25) is 0 Å². The first-order valence-electron chi connectivity index (χ1n) is 10.1. The second-order valence-corrected chi connectivity index (χ2v) is 7.15. The average Bonchev–Trinajstić information content (AvgIpc) is 3.16. The van der Waals surface area contributed by atoms with Crippen LogP contribution in [0, 0.1) is 6.92 Å². The highest BCUT2D eigenvalue weighted by atomic mass is 16.5. The Morgan fingerprint density at radius 3 is 2.62 bits per heavy atom. The molecule has 0 amide bonds. The van der Waals surface area contributed by atoms with Gasteiger partial charge < -0.3 is 25.4 Å². The van der Waals surface area contributed by atoms with Crippen LogP contribution < -0.4 is 20.7 Å². The number of ether oxygens (including phenoxy) is 2. The number of hydrogen-bond donors (Lipinski definition) is 2. The number of nitrogen functional groups attached to an aromatic ring is 1. The molecule has 164 valence electrons. The van der Waals surface area contributed by atoms with Gasteiger partial charge in [0, 0.05) is 19.2 Å². The number of anilines is 4. The second-order valence-electron chi connectivity index (χ2n) is 7.15. The van der Waals surface area contributed by atoms with Crippen molar-refractivity contribution in [2.45, 2.75) is 6.92 Å². The van der Waals surface area contributed by atoms with Crippen molar-refractivity contribution in [3.05, 3.63) is 36.3 Å². The van der Waals surface area contributed by atoms with Gasteiger partial charge in [0.05, 0.1) is 32.2 Å². The smallest absolute Gasteiger partial charge is 0.223 e. The summed E-state index contributed by atoms with van der Waals surface area (Å²) < 4.78 is 12.3. The normalized spacial score (nSPS) is 14.0. The number of morpholine rings is 1. The van der Waals surface area contributed by atoms with Crippen LogP contribution in [0.1, 0.15) is 5.82 Å². The summed E-state index contributed by atoms with van der Waals surface area (Å²) in [5.41, 5.74) is 7.85. The fourth-order valence-electron chi connectivity index (χ4n) is 3.49. The maximum Gasteiger partial charge on any atom is 0.223 e. The fraction of sp³-hybridized carbons (Fsp3) is 0.300. The van der Waals surface area contributed by atoms with E-state index in [-0.39, 0.29) is 5.95 Å². The van der Waals surface area contributed by atoms with Crippen LogP contribution in [0.5, 0.6) is 5.88 Å². The number of rotatable bonds is 5. The van der Waals surface area contributed by atoms with Gasteiger partial charge in [-0.25, -0.2) is 19.5 Å². The highest BCUT2D eigenvalue weighted by molar-refractivity contribution is 5.76. The predicted molar refractivity (Wildman–Crippen MR) is 118 cm³/mol. The van der Waals surface area contributed by atoms with Crippen LogP contribution in [0.3, 0.4) is 0 Å². The molecule has 1 fully saturated rings. The number of aromatic nitrogens is 7. The van der Waals surface area contributed by atoms with Crippen molar-refractivity contribution in [3.63, 3.8) is 0 Å². The fourth-order valence-corrected chi connectivity index (χ4v) is 3.49. The lowest BCUT2D eigenvalue weighted by Gasteiger charge is -2.27. The summed E-state index contributed by atoms with van der Waals surface area (Å²) in [6.07, 6.45) is 1.66. The monoisotopic (exact) mass is 434 g/mol. The minimum absolute atomic E-state index is 0.129. The van der Waals surface area contributed by atoms with E-state index in [2.05, 4.69) is 30.2 Å². The first-order chi connectivity index (χ1) is 15.6. The Morgan fingerprint density at radius 2 is 1.91 bits per heavy atom. The van der Waals surface area contributed by atoms with E-state index in [0.29, 0.717) is 47.9 Å². The summed E-state index contributed by atoms with van der Waals surface area (Å²) in [6.45, 7) is 4.62. The molecule has 0 radical (unpaired) electrons. The van der Waals surface area contributed by atoms with Gasteiger partial charge >= 0.3 is 0 Å². The highest BCUT2D eigenvalue weighted by Gasteiger charge is 2.21. The molecule has 0 spiro atoms. The van der Waals surface area contributed by atoms with Crippen LogP contribution >= 0.6 is 0 Å². The van der Waals surface area contributed by atoms with Crippen LogP contribution in [0.25, 0.3) is 17.2 Å². The van der Waals surface area contributed by atoms with Crippen LogP contribution in [0.15, 0.2) is 30.5 Å². The maximum atomic E-state index is 5.91. The van der Waals surface area contributed by atoms with Gasteiger partial charge in [-0.3, -0.25) is 0 Å². The van der Waals surface area contributed by atoms with Gasteiger partial charge in [0.15, 0.2) is 23.0 Å². The third kappa shape index (κ3) is 3.83. The minimum atomic E-state index is 0.129. The summed E-state index contributed by atoms with van der Waals surface area (Å²) in [5.74, 6) is 2.86. The number of nitrogens with one attached hydrogen (secondary N) is 1. The molecule has 12 nitrogen and oxygen atoms in total. The first kappa shape index (κ1) is 19.9. The zero-order chi connectivity index (χ0) is 22.1. The van der Waals surface area contributed by atoms with E-state index in [9.17, 15) is 0 Å². The number of nitrogens with zero attached hydrogens (tertiary/aromatic N) is 8. The molecular formula is C20H22N10O2. The molecule has 0 unspecified atom stereocenters. The van der Waals surface area contributed by atoms with Crippen LogP contribution in [0.4, 0.5) is 23.3 Å². The molecule has 0 aliphatic carbocycles. The van der Waals surface area contributed by atoms with Gasteiger partial charge in [0.2, 0.25) is 11.8 Å². The third-order valence-corrected chi connectivity index (χ3v) is 4.98. The highest BCUT2D eigenvalue weighted by Crippen LogP contribution is 2.30. The van der Waals surface area contributed by atoms with E-state index in [0.717, 1.165) is 24.6 Å². The third-order valence-electron chi connectivity index (χ3n) is 4.98. The molecule has 1 saturated heterocycles. The molecule has 0 atom stereocenters. The van der Waals surface area contributed by atoms with Crippen molar-refractivity contribution in [3.8, 4) is 17.4 Å². The SMILES string of the molecule is COc1ccc(Nc2nc3ccc(N4CCOCC4)nn3c2-c2nc(C)nc(N)n2)cn1. The Morgan fingerprint density at radius 1 is 1.06 bits per heavy atom. The molecule has 5 heterocycles. The topological polar surface area (TPSA) is 142 Å². The molecule has 5 rings (SSSR count). The van der Waals surface area contributed by atoms with Crippen molar-refractivity contribution in [2.75, 3.05) is 49.4 Å². The van der Waals surface area contributed by atoms with E-state index < -0.39 is 0 Å². The van der Waals surface area contributed by atoms with Crippen LogP contribution in [-0.2, 0) is 4.74 Å². The number of fused-ring (bicyclic) bond motifs is 1. The van der Waals surface area contributed by atoms with Crippen molar-refractivity contribution < 1.29 is 9.47 Å². The van der Waals surface area contributed by atoms with E-state index in [1.807, 2.05) is 18.2 Å². The standard InChI is InChI=1S/C20H22N10O2/c1-12-23-18(27-20(21)24-12)17-19(25-13-3-6-16(31-2)22-11-13)26-14-4-5-15(28-30(14)17)29-7-9-32-10-8-29/h3-6,11,25H,7-10H2,1-2H3,(H2,21,23,24,27). The van der Waals surface area contributed by atoms with Gasteiger partial charge in [0.1, 0.15) is 11.6 Å². The summed E-state index contributed by atoms with van der Waals surface area (Å²) in [4.78, 5) is 24.0. The molecule has 1 aliphatic heterocycles. The van der Waals surface area contributed by atoms with E-state index in [1.54, 1.807) is 30.8 Å². The number of imidazole rings is 1. The molecule has 4 aromatic heterocycles. The average molecular weight is 434 g/mol. The molecule has 1 aliphatic rings. The van der Waals surface area contributed by atoms with E-state index >= 15 is 0 Å². The molecule has 0 bridgehead atoms. The zero-order valence-electron chi connectivity index (χ0n) is 17.7. The summed E-state index contributed by atoms with van der Waals surface area (Å²) in [7, 11) is 1.57. The number of hydrogen-bond acceptors (Lipinski definition) is 11. The van der Waals surface area contributed by atoms with Gasteiger partial charge in [-0.15, -0.1) is 5.10 Å². The molecule has 4 aromatic rings. The number of methoxy groups -OCH3 is 1. The lowest BCUT2D eigenvalue weighted by atomic mass is 10.3. The summed E-state index contributed by atoms with van der Waals surface area (Å²) in [5, 5.41) is 8.12. The summed E-state index contributed by atoms with van der Waals surface area (Å²) >= 11 is 0. The Hall–Kier alpha value is -4.06. The Kier molecular flexibility index (Phi) is 5.11. The van der Waals surface area contributed by atoms with Gasteiger partial charge in [-0.05, 0) is 25.1 Å². The Labute approximate surface area is 183 Å². The molecule has 12 heteroatoms. The molecule has 3 N–H and O–H groups in total. The van der Waals surface area contributed by atoms with Gasteiger partial charge in [0.25, 0.3) is 0 Å². The Bertz CT molecular complexity index is 1230. The van der Waals surface area contributed by atoms with Crippen molar-refractivity contribution in [1.82, 2.24) is 34.5 Å². The van der Waals surface area contributed by atoms with E-state index in [1.165, 1.54) is 0 Å². The first-order valence-corrected chi connectivity index (χ1v) is 10.1. The molecule has 0 aromatic carbocycles. The van der Waals surface area contributed by atoms with Gasteiger partial charge in [-0.2, -0.15) is 9.97 Å². The minimum Gasteiger partial charge on any atom is -0.481 e. The lowest BCUT2D eigenvalue weighted by Crippen LogP contribution is -2.37. The lowest BCUT2D eigenvalue weighted by molar-refractivity contribution is 0.122. The van der Waals surface area contributed by atoms with Crippen LogP contribution in [-0.4, -0.2) is 67.9 Å². The predicted octanol–water partition coefficient (Wildman–Crippen LogP) is 1.46. The molecule has 32 heavy (non-hydrogen) atoms. The maximum absolute atomic E-state index is 5.91. The van der Waals surface area contributed by atoms with E-state index in [4.69, 9.17) is 25.3 Å². The van der Waals surface area contributed by atoms with Crippen molar-refractivity contribution >= 4 is 28.9 Å². The number of pyridine rings is 1.